The fourth-order valence-corrected chi connectivity index (χ4v) is 4.12. The van der Waals surface area contributed by atoms with Gasteiger partial charge >= 0.3 is 0 Å². The number of nitrogens with zero attached hydrogens (tertiary/aromatic N) is 1. The van der Waals surface area contributed by atoms with E-state index in [0.29, 0.717) is 12.6 Å². The fraction of sp³-hybridized carbons (Fsp3) is 0.409. The van der Waals surface area contributed by atoms with Crippen molar-refractivity contribution in [2.75, 3.05) is 0 Å². The van der Waals surface area contributed by atoms with Crippen molar-refractivity contribution in [3.8, 4) is 5.75 Å². The number of aromatic nitrogens is 1. The van der Waals surface area contributed by atoms with E-state index in [1.165, 1.54) is 10.4 Å². The molecular weight excluding hydrogens is 356 g/mol. The molecule has 0 saturated heterocycles. The van der Waals surface area contributed by atoms with Crippen molar-refractivity contribution in [1.29, 1.82) is 0 Å². The van der Waals surface area contributed by atoms with Gasteiger partial charge in [0.2, 0.25) is 0 Å². The number of nitrogens with one attached hydrogen (secondary N) is 1. The van der Waals surface area contributed by atoms with Crippen molar-refractivity contribution < 1.29 is 9.26 Å². The van der Waals surface area contributed by atoms with E-state index in [1.54, 1.807) is 0 Å². The standard InChI is InChI=1S/C22H28N2O2S/c1-15-19(16(2)26-24-15)14-25-18-10-8-17(9-11-18)13-23-21(22(3,4)5)20-7-6-12-27-20/h6-12,21,23H,13-14H2,1-5H3/t21-/m1/s1. The lowest BCUT2D eigenvalue weighted by atomic mass is 9.85. The second-order valence-corrected chi connectivity index (χ2v) is 8.91. The van der Waals surface area contributed by atoms with E-state index in [0.717, 1.165) is 29.3 Å². The molecule has 1 aromatic carbocycles. The minimum absolute atomic E-state index is 0.155. The minimum atomic E-state index is 0.155. The highest BCUT2D eigenvalue weighted by Gasteiger charge is 2.26. The van der Waals surface area contributed by atoms with Crippen LogP contribution in [-0.2, 0) is 13.2 Å². The molecule has 0 saturated carbocycles. The quantitative estimate of drug-likeness (QED) is 0.558. The molecule has 2 aromatic heterocycles. The molecule has 3 aromatic rings. The Morgan fingerprint density at radius 2 is 1.89 bits per heavy atom. The van der Waals surface area contributed by atoms with Gasteiger partial charge in [0.05, 0.1) is 11.3 Å². The number of hydrogen-bond donors (Lipinski definition) is 1. The van der Waals surface area contributed by atoms with Crippen LogP contribution in [0, 0.1) is 19.3 Å². The van der Waals surface area contributed by atoms with Gasteiger partial charge in [0, 0.05) is 17.5 Å². The molecule has 0 unspecified atom stereocenters. The van der Waals surface area contributed by atoms with Gasteiger partial charge in [-0.05, 0) is 48.4 Å². The fourth-order valence-electron chi connectivity index (χ4n) is 3.08. The molecule has 0 amide bonds. The van der Waals surface area contributed by atoms with Gasteiger partial charge < -0.3 is 14.6 Å². The van der Waals surface area contributed by atoms with Crippen LogP contribution in [0.1, 0.15) is 54.3 Å². The molecule has 0 aliphatic rings. The minimum Gasteiger partial charge on any atom is -0.489 e. The molecule has 0 radical (unpaired) electrons. The van der Waals surface area contributed by atoms with Crippen molar-refractivity contribution in [3.05, 3.63) is 69.2 Å². The summed E-state index contributed by atoms with van der Waals surface area (Å²) < 4.78 is 11.1. The van der Waals surface area contributed by atoms with E-state index in [9.17, 15) is 0 Å². The van der Waals surface area contributed by atoms with Crippen molar-refractivity contribution in [1.82, 2.24) is 10.5 Å². The first kappa shape index (κ1) is 19.6. The van der Waals surface area contributed by atoms with Gasteiger partial charge in [-0.2, -0.15) is 0 Å². The Bertz CT molecular complexity index is 826. The molecular formula is C22H28N2O2S. The lowest BCUT2D eigenvalue weighted by Gasteiger charge is -2.31. The zero-order valence-electron chi connectivity index (χ0n) is 16.7. The average Bonchev–Trinajstić information content (AvgIpc) is 3.24. The SMILES string of the molecule is Cc1noc(C)c1COc1ccc(CN[C@H](c2cccs2)C(C)(C)C)cc1. The Hall–Kier alpha value is -2.11. The Balaban J connectivity index is 1.59. The summed E-state index contributed by atoms with van der Waals surface area (Å²) in [5, 5.41) is 9.82. The molecule has 27 heavy (non-hydrogen) atoms. The highest BCUT2D eigenvalue weighted by atomic mass is 32.1. The first-order valence-electron chi connectivity index (χ1n) is 9.25. The molecule has 0 aliphatic heterocycles. The smallest absolute Gasteiger partial charge is 0.140 e. The second-order valence-electron chi connectivity index (χ2n) is 7.93. The summed E-state index contributed by atoms with van der Waals surface area (Å²) in [6, 6.07) is 12.9. The van der Waals surface area contributed by atoms with Crippen LogP contribution in [0.2, 0.25) is 0 Å². The lowest BCUT2D eigenvalue weighted by Crippen LogP contribution is -2.31. The van der Waals surface area contributed by atoms with Crippen LogP contribution >= 0.6 is 11.3 Å². The van der Waals surface area contributed by atoms with E-state index >= 15 is 0 Å². The molecule has 0 bridgehead atoms. The van der Waals surface area contributed by atoms with E-state index in [2.05, 4.69) is 60.9 Å². The third kappa shape index (κ3) is 4.99. The zero-order valence-corrected chi connectivity index (χ0v) is 17.5. The molecule has 4 nitrogen and oxygen atoms in total. The number of aryl methyl sites for hydroxylation is 2. The van der Waals surface area contributed by atoms with Gasteiger partial charge in [-0.3, -0.25) is 0 Å². The number of benzene rings is 1. The van der Waals surface area contributed by atoms with Crippen LogP contribution in [0.3, 0.4) is 0 Å². The van der Waals surface area contributed by atoms with E-state index < -0.39 is 0 Å². The Morgan fingerprint density at radius 3 is 2.44 bits per heavy atom. The predicted octanol–water partition coefficient (Wildman–Crippen LogP) is 5.81. The van der Waals surface area contributed by atoms with Gasteiger partial charge in [-0.25, -0.2) is 0 Å². The van der Waals surface area contributed by atoms with Gasteiger partial charge in [0.15, 0.2) is 0 Å². The third-order valence-electron chi connectivity index (χ3n) is 4.69. The summed E-state index contributed by atoms with van der Waals surface area (Å²) in [5.74, 6) is 1.67. The molecule has 0 aliphatic carbocycles. The first-order chi connectivity index (χ1) is 12.8. The largest absolute Gasteiger partial charge is 0.489 e. The Kier molecular flexibility index (Phi) is 6.02. The summed E-state index contributed by atoms with van der Waals surface area (Å²) in [7, 11) is 0. The van der Waals surface area contributed by atoms with Gasteiger partial charge in [-0.1, -0.05) is 44.1 Å². The second kappa shape index (κ2) is 8.28. The number of ether oxygens (including phenoxy) is 1. The summed E-state index contributed by atoms with van der Waals surface area (Å²) in [6.45, 7) is 12.0. The monoisotopic (exact) mass is 384 g/mol. The topological polar surface area (TPSA) is 47.3 Å². The van der Waals surface area contributed by atoms with E-state index in [1.807, 2.05) is 37.3 Å². The van der Waals surface area contributed by atoms with Crippen molar-refractivity contribution in [2.24, 2.45) is 5.41 Å². The van der Waals surface area contributed by atoms with Gasteiger partial charge in [0.25, 0.3) is 0 Å². The maximum absolute atomic E-state index is 5.89. The summed E-state index contributed by atoms with van der Waals surface area (Å²) >= 11 is 1.81. The van der Waals surface area contributed by atoms with Crippen LogP contribution in [0.15, 0.2) is 46.3 Å². The summed E-state index contributed by atoms with van der Waals surface area (Å²) in [6.07, 6.45) is 0. The molecule has 144 valence electrons. The average molecular weight is 385 g/mol. The van der Waals surface area contributed by atoms with E-state index in [4.69, 9.17) is 9.26 Å². The number of thiophene rings is 1. The maximum Gasteiger partial charge on any atom is 0.140 e. The van der Waals surface area contributed by atoms with Crippen LogP contribution in [0.25, 0.3) is 0 Å². The van der Waals surface area contributed by atoms with Crippen LogP contribution < -0.4 is 10.1 Å². The molecule has 3 rings (SSSR count). The third-order valence-corrected chi connectivity index (χ3v) is 5.63. The van der Waals surface area contributed by atoms with Gasteiger partial charge in [0.1, 0.15) is 18.1 Å². The molecule has 5 heteroatoms. The van der Waals surface area contributed by atoms with Crippen LogP contribution in [-0.4, -0.2) is 5.16 Å². The van der Waals surface area contributed by atoms with Crippen molar-refractivity contribution in [2.45, 2.75) is 53.8 Å². The summed E-state index contributed by atoms with van der Waals surface area (Å²) in [4.78, 5) is 1.38. The molecule has 2 heterocycles. The highest BCUT2D eigenvalue weighted by Crippen LogP contribution is 2.35. The van der Waals surface area contributed by atoms with Crippen LogP contribution in [0.5, 0.6) is 5.75 Å². The Labute approximate surface area is 165 Å². The van der Waals surface area contributed by atoms with Crippen molar-refractivity contribution >= 4 is 11.3 Å². The number of rotatable bonds is 7. The lowest BCUT2D eigenvalue weighted by molar-refractivity contribution is 0.275. The first-order valence-corrected chi connectivity index (χ1v) is 10.1. The molecule has 1 N–H and O–H groups in total. The maximum atomic E-state index is 5.89. The molecule has 0 fully saturated rings. The van der Waals surface area contributed by atoms with Crippen molar-refractivity contribution in [3.63, 3.8) is 0 Å². The highest BCUT2D eigenvalue weighted by molar-refractivity contribution is 7.10. The molecule has 0 spiro atoms. The summed E-state index contributed by atoms with van der Waals surface area (Å²) in [5.41, 5.74) is 3.30. The Morgan fingerprint density at radius 1 is 1.15 bits per heavy atom. The van der Waals surface area contributed by atoms with Crippen LogP contribution in [0.4, 0.5) is 0 Å². The number of hydrogen-bond acceptors (Lipinski definition) is 5. The predicted molar refractivity (Wildman–Crippen MR) is 110 cm³/mol. The zero-order chi connectivity index (χ0) is 19.4. The van der Waals surface area contributed by atoms with Gasteiger partial charge in [-0.15, -0.1) is 11.3 Å². The normalized spacial score (nSPS) is 12.9. The van der Waals surface area contributed by atoms with E-state index in [-0.39, 0.29) is 5.41 Å². The molecule has 1 atom stereocenters.